The van der Waals surface area contributed by atoms with Crippen LogP contribution in [0, 0.1) is 5.92 Å². The zero-order valence-electron chi connectivity index (χ0n) is 8.34. The molecule has 1 heterocycles. The van der Waals surface area contributed by atoms with Gasteiger partial charge in [0.05, 0.1) is 19.4 Å². The van der Waals surface area contributed by atoms with E-state index in [0.29, 0.717) is 17.7 Å². The van der Waals surface area contributed by atoms with Gasteiger partial charge in [0.15, 0.2) is 0 Å². The summed E-state index contributed by atoms with van der Waals surface area (Å²) in [6.45, 7) is 0.375. The van der Waals surface area contributed by atoms with Crippen molar-refractivity contribution < 1.29 is 4.74 Å². The monoisotopic (exact) mass is 228 g/mol. The Bertz CT molecular complexity index is 432. The third-order valence-corrected chi connectivity index (χ3v) is 3.10. The van der Waals surface area contributed by atoms with Crippen LogP contribution in [0.25, 0.3) is 0 Å². The molecule has 0 aromatic carbocycles. The van der Waals surface area contributed by atoms with Crippen molar-refractivity contribution in [3.05, 3.63) is 9.67 Å². The lowest BCUT2D eigenvalue weighted by atomic mass is 10.2. The molecule has 1 aromatic heterocycles. The second-order valence-corrected chi connectivity index (χ2v) is 4.29. The Kier molecular flexibility index (Phi) is 2.72. The molecule has 82 valence electrons. The summed E-state index contributed by atoms with van der Waals surface area (Å²) >= 11 is 0.977. The van der Waals surface area contributed by atoms with Crippen molar-refractivity contribution in [3.63, 3.8) is 0 Å². The van der Waals surface area contributed by atoms with Crippen molar-refractivity contribution in [2.45, 2.75) is 19.4 Å². The first-order valence-corrected chi connectivity index (χ1v) is 5.45. The van der Waals surface area contributed by atoms with Gasteiger partial charge in [-0.05, 0) is 24.2 Å². The fraction of sp³-hybridized carbons (Fsp3) is 0.625. The first-order valence-electron chi connectivity index (χ1n) is 4.63. The number of hydrogen-bond acceptors (Lipinski definition) is 6. The Hall–Kier alpha value is -1.37. The third-order valence-electron chi connectivity index (χ3n) is 2.29. The zero-order valence-corrected chi connectivity index (χ0v) is 9.16. The van der Waals surface area contributed by atoms with Crippen LogP contribution in [0.3, 0.4) is 0 Å². The fourth-order valence-corrected chi connectivity index (χ4v) is 1.90. The lowest BCUT2D eigenvalue weighted by Crippen LogP contribution is -2.22. The van der Waals surface area contributed by atoms with Crippen molar-refractivity contribution in [3.8, 4) is 5.19 Å². The molecule has 0 radical (unpaired) electrons. The highest BCUT2D eigenvalue weighted by atomic mass is 32.1. The molecular weight excluding hydrogens is 216 g/mol. The van der Waals surface area contributed by atoms with E-state index in [9.17, 15) is 4.79 Å². The second kappa shape index (κ2) is 4.01. The Morgan fingerprint density at radius 3 is 3.00 bits per heavy atom. The van der Waals surface area contributed by atoms with E-state index in [2.05, 4.69) is 10.2 Å². The Labute approximate surface area is 90.4 Å². The molecule has 0 amide bonds. The van der Waals surface area contributed by atoms with E-state index in [1.807, 2.05) is 0 Å². The first-order chi connectivity index (χ1) is 7.24. The molecule has 15 heavy (non-hydrogen) atoms. The van der Waals surface area contributed by atoms with Gasteiger partial charge in [-0.1, -0.05) is 0 Å². The minimum Gasteiger partial charge on any atom is -0.472 e. The van der Waals surface area contributed by atoms with Crippen LogP contribution in [0.1, 0.15) is 12.8 Å². The van der Waals surface area contributed by atoms with Crippen LogP contribution in [0.2, 0.25) is 0 Å². The standard InChI is InChI=1S/C8H12N4O2S/c1-14-7-11-12(8(13)15-7)4-6(10-9)5-2-3-5/h5H,2-4,9H2,1H3. The molecule has 1 aliphatic carbocycles. The molecule has 0 aliphatic heterocycles. The molecule has 0 atom stereocenters. The molecule has 2 N–H and O–H groups in total. The molecule has 1 aromatic rings. The predicted molar refractivity (Wildman–Crippen MR) is 57.3 cm³/mol. The van der Waals surface area contributed by atoms with E-state index in [0.717, 1.165) is 29.9 Å². The normalized spacial score (nSPS) is 16.7. The summed E-state index contributed by atoms with van der Waals surface area (Å²) in [5.41, 5.74) is 0.838. The van der Waals surface area contributed by atoms with Gasteiger partial charge in [0.1, 0.15) is 0 Å². The number of nitrogens with zero attached hydrogens (tertiary/aromatic N) is 3. The summed E-state index contributed by atoms with van der Waals surface area (Å²) in [5, 5.41) is 8.06. The average molecular weight is 228 g/mol. The molecule has 0 bridgehead atoms. The Morgan fingerprint density at radius 2 is 2.53 bits per heavy atom. The molecular formula is C8H12N4O2S. The zero-order chi connectivity index (χ0) is 10.8. The summed E-state index contributed by atoms with van der Waals surface area (Å²) in [6, 6.07) is 0. The summed E-state index contributed by atoms with van der Waals surface area (Å²) in [7, 11) is 1.49. The molecule has 1 saturated carbocycles. The molecule has 0 saturated heterocycles. The van der Waals surface area contributed by atoms with Gasteiger partial charge in [0.25, 0.3) is 5.19 Å². The molecule has 1 aliphatic rings. The highest BCUT2D eigenvalue weighted by Gasteiger charge is 2.28. The first kappa shape index (κ1) is 10.2. The van der Waals surface area contributed by atoms with Crippen LogP contribution in [0.15, 0.2) is 9.90 Å². The van der Waals surface area contributed by atoms with Crippen LogP contribution >= 0.6 is 11.3 Å². The topological polar surface area (TPSA) is 82.5 Å². The van der Waals surface area contributed by atoms with Crippen molar-refractivity contribution in [2.75, 3.05) is 7.11 Å². The van der Waals surface area contributed by atoms with E-state index in [1.165, 1.54) is 11.8 Å². The van der Waals surface area contributed by atoms with Gasteiger partial charge in [-0.15, -0.1) is 5.10 Å². The number of hydrogen-bond donors (Lipinski definition) is 1. The lowest BCUT2D eigenvalue weighted by molar-refractivity contribution is 0.399. The van der Waals surface area contributed by atoms with E-state index in [-0.39, 0.29) is 4.87 Å². The van der Waals surface area contributed by atoms with Crippen LogP contribution in [-0.4, -0.2) is 22.6 Å². The maximum Gasteiger partial charge on any atom is 0.328 e. The van der Waals surface area contributed by atoms with Crippen molar-refractivity contribution in [2.24, 2.45) is 16.9 Å². The maximum absolute atomic E-state index is 11.4. The van der Waals surface area contributed by atoms with Crippen LogP contribution in [0.5, 0.6) is 5.19 Å². The number of hydrazone groups is 1. The second-order valence-electron chi connectivity index (χ2n) is 3.39. The molecule has 0 spiro atoms. The van der Waals surface area contributed by atoms with Gasteiger partial charge in [-0.2, -0.15) is 5.10 Å². The number of rotatable bonds is 4. The van der Waals surface area contributed by atoms with E-state index < -0.39 is 0 Å². The van der Waals surface area contributed by atoms with Crippen molar-refractivity contribution in [1.82, 2.24) is 9.78 Å². The van der Waals surface area contributed by atoms with Crippen LogP contribution in [0.4, 0.5) is 0 Å². The van der Waals surface area contributed by atoms with Gasteiger partial charge in [-0.25, -0.2) is 4.68 Å². The average Bonchev–Trinajstić information content (AvgIpc) is 3.01. The van der Waals surface area contributed by atoms with Gasteiger partial charge in [0, 0.05) is 5.92 Å². The fourth-order valence-electron chi connectivity index (χ4n) is 1.31. The van der Waals surface area contributed by atoms with Gasteiger partial charge in [0.2, 0.25) is 0 Å². The van der Waals surface area contributed by atoms with Gasteiger partial charge >= 0.3 is 4.87 Å². The van der Waals surface area contributed by atoms with E-state index >= 15 is 0 Å². The Balaban J connectivity index is 2.15. The molecule has 7 heteroatoms. The molecule has 1 fully saturated rings. The molecule has 2 rings (SSSR count). The third kappa shape index (κ3) is 2.17. The SMILES string of the molecule is COc1nn(CC(=NN)C2CC2)c(=O)s1. The quantitative estimate of drug-likeness (QED) is 0.448. The summed E-state index contributed by atoms with van der Waals surface area (Å²) in [5.74, 6) is 5.71. The van der Waals surface area contributed by atoms with E-state index in [1.54, 1.807) is 0 Å². The Morgan fingerprint density at radius 1 is 1.80 bits per heavy atom. The maximum atomic E-state index is 11.4. The number of ether oxygens (including phenoxy) is 1. The lowest BCUT2D eigenvalue weighted by Gasteiger charge is -2.01. The minimum atomic E-state index is -0.145. The largest absolute Gasteiger partial charge is 0.472 e. The van der Waals surface area contributed by atoms with Crippen LogP contribution < -0.4 is 15.5 Å². The number of aromatic nitrogens is 2. The van der Waals surface area contributed by atoms with Gasteiger partial charge in [-0.3, -0.25) is 4.79 Å². The van der Waals surface area contributed by atoms with Crippen LogP contribution in [-0.2, 0) is 6.54 Å². The summed E-state index contributed by atoms with van der Waals surface area (Å²) in [4.78, 5) is 11.3. The van der Waals surface area contributed by atoms with Crippen molar-refractivity contribution >= 4 is 17.0 Å². The minimum absolute atomic E-state index is 0.145. The van der Waals surface area contributed by atoms with Gasteiger partial charge < -0.3 is 10.6 Å². The summed E-state index contributed by atoms with van der Waals surface area (Å²) in [6.07, 6.45) is 2.21. The highest BCUT2D eigenvalue weighted by molar-refractivity contribution is 7.10. The predicted octanol–water partition coefficient (Wildman–Crippen LogP) is 0.0381. The number of methoxy groups -OCH3 is 1. The van der Waals surface area contributed by atoms with Crippen molar-refractivity contribution in [1.29, 1.82) is 0 Å². The molecule has 0 unspecified atom stereocenters. The highest BCUT2D eigenvalue weighted by Crippen LogP contribution is 2.30. The number of nitrogens with two attached hydrogens (primary N) is 1. The molecule has 6 nitrogen and oxygen atoms in total. The summed E-state index contributed by atoms with van der Waals surface area (Å²) < 4.78 is 6.22. The van der Waals surface area contributed by atoms with E-state index in [4.69, 9.17) is 10.6 Å². The smallest absolute Gasteiger partial charge is 0.328 e.